The van der Waals surface area contributed by atoms with Crippen molar-refractivity contribution < 1.29 is 16.4 Å². The van der Waals surface area contributed by atoms with E-state index in [1.165, 1.54) is 114 Å². The number of hydrogen-bond donors (Lipinski definition) is 0. The third-order valence-corrected chi connectivity index (χ3v) is 36.3. The first kappa shape index (κ1) is 39.9. The molecule has 0 N–H and O–H groups in total. The molecule has 58 heavy (non-hydrogen) atoms. The van der Waals surface area contributed by atoms with E-state index in [1.54, 1.807) is 0 Å². The van der Waals surface area contributed by atoms with Crippen molar-refractivity contribution in [3.05, 3.63) is 170 Å². The fourth-order valence-electron chi connectivity index (χ4n) is 11.6. The van der Waals surface area contributed by atoms with Gasteiger partial charge in [0.05, 0.1) is 0 Å². The van der Waals surface area contributed by atoms with Crippen molar-refractivity contribution in [3.8, 4) is 33.4 Å². The van der Waals surface area contributed by atoms with Gasteiger partial charge in [0.25, 0.3) is 0 Å². The minimum atomic E-state index is -5.61. The monoisotopic (exact) mass is 891 g/mol. The van der Waals surface area contributed by atoms with Crippen LogP contribution in [0.4, 0.5) is 0 Å². The maximum atomic E-state index is 9.37. The van der Waals surface area contributed by atoms with E-state index in [4.69, 9.17) is 0 Å². The van der Waals surface area contributed by atoms with Crippen LogP contribution in [-0.4, -0.2) is 9.52 Å². The first-order valence-corrected chi connectivity index (χ1v) is 33.3. The van der Waals surface area contributed by atoms with Crippen molar-refractivity contribution >= 4 is 52.3 Å². The van der Waals surface area contributed by atoms with Crippen LogP contribution in [0.25, 0.3) is 45.5 Å². The molecule has 2 atom stereocenters. The number of fused-ring (bicyclic) bond motifs is 5. The summed E-state index contributed by atoms with van der Waals surface area (Å²) in [6, 6.07) is 39.7. The van der Waals surface area contributed by atoms with Crippen molar-refractivity contribution in [2.45, 2.75) is 88.3 Å². The second-order valence-electron chi connectivity index (χ2n) is 17.9. The predicted octanol–water partition coefficient (Wildman–Crippen LogP) is 13.5. The Bertz CT molecular complexity index is 2570. The van der Waals surface area contributed by atoms with Gasteiger partial charge in [-0.15, -0.1) is 0 Å². The van der Waals surface area contributed by atoms with E-state index in [2.05, 4.69) is 171 Å². The summed E-state index contributed by atoms with van der Waals surface area (Å²) in [7, 11) is 17.9. The normalized spacial score (nSPS) is 17.7. The number of allylic oxidation sites excluding steroid dienone is 2. The maximum absolute atomic E-state index is 9.37. The van der Waals surface area contributed by atoms with Gasteiger partial charge in [0.2, 0.25) is 0 Å². The molecule has 0 aromatic heterocycles. The van der Waals surface area contributed by atoms with Gasteiger partial charge >= 0.3 is 360 Å². The molecule has 293 valence electrons. The summed E-state index contributed by atoms with van der Waals surface area (Å²) in [5.74, 6) is 0. The molecule has 0 bridgehead atoms. The van der Waals surface area contributed by atoms with Crippen LogP contribution in [0.2, 0.25) is 0 Å². The van der Waals surface area contributed by atoms with Crippen molar-refractivity contribution in [2.75, 3.05) is 0 Å². The van der Waals surface area contributed by atoms with Gasteiger partial charge in [-0.1, -0.05) is 0 Å². The van der Waals surface area contributed by atoms with Gasteiger partial charge in [-0.25, -0.2) is 0 Å². The fourth-order valence-corrected chi connectivity index (χ4v) is 39.6. The summed E-state index contributed by atoms with van der Waals surface area (Å²) >= 11 is -5.61. The number of hydrogen-bond acceptors (Lipinski definition) is 0. The van der Waals surface area contributed by atoms with Crippen LogP contribution < -0.4 is 13.6 Å². The zero-order valence-corrected chi connectivity index (χ0v) is 40.8. The Balaban J connectivity index is 1.39. The average molecular weight is 894 g/mol. The van der Waals surface area contributed by atoms with Crippen molar-refractivity contribution in [3.63, 3.8) is 0 Å². The first-order chi connectivity index (χ1) is 27.8. The van der Waals surface area contributed by atoms with Gasteiger partial charge in [0.1, 0.15) is 0 Å². The molecular formula is C54H55Cl2SiZr. The summed E-state index contributed by atoms with van der Waals surface area (Å²) in [6.45, 7) is 18.1. The van der Waals surface area contributed by atoms with E-state index < -0.39 is 25.9 Å². The Morgan fingerprint density at radius 1 is 0.534 bits per heavy atom. The average Bonchev–Trinajstić information content (AvgIpc) is 3.86. The van der Waals surface area contributed by atoms with E-state index in [-0.39, 0.29) is 7.25 Å². The van der Waals surface area contributed by atoms with Gasteiger partial charge in [-0.2, -0.15) is 0 Å². The molecule has 9 rings (SSSR count). The van der Waals surface area contributed by atoms with E-state index in [0.717, 1.165) is 25.7 Å². The molecule has 0 nitrogen and oxygen atoms in total. The van der Waals surface area contributed by atoms with Crippen LogP contribution in [-0.2, 0) is 16.4 Å². The Hall–Kier alpha value is -3.52. The number of rotatable bonds is 9. The van der Waals surface area contributed by atoms with Crippen LogP contribution >= 0.6 is 17.0 Å². The predicted molar refractivity (Wildman–Crippen MR) is 254 cm³/mol. The molecule has 0 radical (unpaired) electrons. The van der Waals surface area contributed by atoms with Gasteiger partial charge < -0.3 is 0 Å². The Labute approximate surface area is 357 Å². The van der Waals surface area contributed by atoms with E-state index in [9.17, 15) is 17.0 Å². The fraction of sp³-hybridized carbons (Fsp3) is 0.259. The Kier molecular flexibility index (Phi) is 10.2. The van der Waals surface area contributed by atoms with Gasteiger partial charge in [-0.3, -0.25) is 0 Å². The minimum absolute atomic E-state index is 0.0728. The van der Waals surface area contributed by atoms with E-state index >= 15 is 0 Å². The van der Waals surface area contributed by atoms with Gasteiger partial charge in [0, 0.05) is 0 Å². The molecular weight excluding hydrogens is 839 g/mol. The van der Waals surface area contributed by atoms with E-state index in [1.807, 2.05) is 0 Å². The molecule has 1 aliphatic heterocycles. The van der Waals surface area contributed by atoms with Gasteiger partial charge in [0.15, 0.2) is 0 Å². The molecule has 0 fully saturated rings. The molecule has 0 saturated carbocycles. The topological polar surface area (TPSA) is 0 Å². The molecule has 2 aliphatic carbocycles. The third-order valence-electron chi connectivity index (χ3n) is 13.5. The molecule has 4 heteroatoms. The molecule has 0 saturated heterocycles. The SMILES string of the molecule is CCCC1=Cc2c(ccc(C)c2-c2cc(C)cc(C)c2)[CH]1[Zr]([Cl])([Cl])([c]1cccc2c1[SiH2]c1ccccc1-2)[CH]1C(CCC)=Cc2c1ccc(C)c2-c1cc(C)cc(C)c1. The summed E-state index contributed by atoms with van der Waals surface area (Å²) in [4.78, 5) is 0. The molecule has 1 heterocycles. The molecule has 0 amide bonds. The molecule has 2 unspecified atom stereocenters. The van der Waals surface area contributed by atoms with Crippen molar-refractivity contribution in [2.24, 2.45) is 0 Å². The second-order valence-corrected chi connectivity index (χ2v) is 40.3. The summed E-state index contributed by atoms with van der Waals surface area (Å²) in [5.41, 5.74) is 23.9. The molecule has 3 aliphatic rings. The quantitative estimate of drug-likeness (QED) is 0.127. The first-order valence-electron chi connectivity index (χ1n) is 21.4. The summed E-state index contributed by atoms with van der Waals surface area (Å²) in [5, 5.41) is 2.99. The number of halogens is 2. The molecule has 6 aromatic carbocycles. The van der Waals surface area contributed by atoms with Crippen LogP contribution in [0.3, 0.4) is 0 Å². The Morgan fingerprint density at radius 2 is 1.00 bits per heavy atom. The zero-order valence-electron chi connectivity index (χ0n) is 35.4. The van der Waals surface area contributed by atoms with Crippen LogP contribution in [0.1, 0.15) is 102 Å². The molecule has 0 spiro atoms. The van der Waals surface area contributed by atoms with Crippen LogP contribution in [0, 0.1) is 41.5 Å². The van der Waals surface area contributed by atoms with Crippen LogP contribution in [0.15, 0.2) is 114 Å². The van der Waals surface area contributed by atoms with E-state index in [0.29, 0.717) is 0 Å². The molecule has 6 aromatic rings. The third kappa shape index (κ3) is 6.22. The van der Waals surface area contributed by atoms with Crippen molar-refractivity contribution in [1.29, 1.82) is 0 Å². The van der Waals surface area contributed by atoms with Crippen LogP contribution in [0.5, 0.6) is 0 Å². The summed E-state index contributed by atoms with van der Waals surface area (Å²) < 4.78 is 1.17. The summed E-state index contributed by atoms with van der Waals surface area (Å²) in [6.07, 6.45) is 9.10. The van der Waals surface area contributed by atoms with Crippen molar-refractivity contribution in [1.82, 2.24) is 0 Å². The number of aryl methyl sites for hydroxylation is 6. The zero-order chi connectivity index (χ0) is 40.7. The second kappa shape index (κ2) is 14.9. The Morgan fingerprint density at radius 3 is 1.48 bits per heavy atom. The standard InChI is InChI=1S/2C21H23.C12H9Si.2ClH.Zr/c2*1-5-6-17-12-18-8-7-16(4)21(20(18)13-17)19-10-14(2)9-15(3)11-19;1-3-7-11-9(5-1)10-6-2-4-8-12(10)13-11;;;/h2*7-13H,5-6H2,1-4H3;1-7H,13H2;2*1H;/q;;;;;+2/p-2. The number of benzene rings is 6. The van der Waals surface area contributed by atoms with Gasteiger partial charge in [-0.05, 0) is 0 Å².